The molecule has 1 heterocycles. The first-order valence-corrected chi connectivity index (χ1v) is 8.59. The van der Waals surface area contributed by atoms with E-state index in [4.69, 9.17) is 4.74 Å². The highest BCUT2D eigenvalue weighted by Gasteiger charge is 2.17. The lowest BCUT2D eigenvalue weighted by Gasteiger charge is -2.15. The number of hydrogen-bond donors (Lipinski definition) is 2. The van der Waals surface area contributed by atoms with Crippen molar-refractivity contribution in [2.45, 2.75) is 25.9 Å². The molecule has 1 fully saturated rings. The van der Waals surface area contributed by atoms with Gasteiger partial charge in [-0.25, -0.2) is 0 Å². The number of nitrogens with one attached hydrogen (secondary N) is 2. The van der Waals surface area contributed by atoms with Gasteiger partial charge in [-0.2, -0.15) is 0 Å². The summed E-state index contributed by atoms with van der Waals surface area (Å²) in [5.41, 5.74) is 3.16. The smallest absolute Gasteiger partial charge is 0.251 e. The van der Waals surface area contributed by atoms with E-state index in [1.165, 1.54) is 37.1 Å². The van der Waals surface area contributed by atoms with Gasteiger partial charge >= 0.3 is 0 Å². The van der Waals surface area contributed by atoms with Crippen LogP contribution in [0.3, 0.4) is 0 Å². The highest BCUT2D eigenvalue weighted by molar-refractivity contribution is 5.94. The second-order valence-electron chi connectivity index (χ2n) is 6.32. The molecule has 1 aliphatic rings. The fourth-order valence-electron chi connectivity index (χ4n) is 3.27. The molecular weight excluding hydrogens is 300 g/mol. The summed E-state index contributed by atoms with van der Waals surface area (Å²) in [5.74, 6) is 0.623. The molecule has 0 saturated carbocycles. The van der Waals surface area contributed by atoms with Crippen molar-refractivity contribution in [3.8, 4) is 5.75 Å². The Morgan fingerprint density at radius 1 is 1.08 bits per heavy atom. The van der Waals surface area contributed by atoms with Gasteiger partial charge in [0.05, 0.1) is 20.2 Å². The molecule has 0 bridgehead atoms. The number of carbonyl (C=O) groups excluding carboxylic acids is 1. The van der Waals surface area contributed by atoms with Gasteiger partial charge in [0.2, 0.25) is 0 Å². The molecule has 4 heteroatoms. The number of amides is 1. The van der Waals surface area contributed by atoms with Gasteiger partial charge in [-0.15, -0.1) is 0 Å². The molecule has 0 atom stereocenters. The van der Waals surface area contributed by atoms with Crippen LogP contribution in [0.5, 0.6) is 5.75 Å². The van der Waals surface area contributed by atoms with E-state index in [0.29, 0.717) is 17.9 Å². The zero-order valence-electron chi connectivity index (χ0n) is 14.2. The molecule has 0 radical (unpaired) electrons. The number of hydrogen-bond acceptors (Lipinski definition) is 2. The van der Waals surface area contributed by atoms with E-state index in [9.17, 15) is 4.79 Å². The van der Waals surface area contributed by atoms with E-state index >= 15 is 0 Å². The molecule has 3 rings (SSSR count). The Hall–Kier alpha value is -2.33. The van der Waals surface area contributed by atoms with Crippen LogP contribution >= 0.6 is 0 Å². The zero-order chi connectivity index (χ0) is 16.8. The van der Waals surface area contributed by atoms with Crippen molar-refractivity contribution in [2.75, 3.05) is 20.2 Å². The number of methoxy groups -OCH3 is 1. The average molecular weight is 325 g/mol. The molecule has 0 spiro atoms. The molecule has 24 heavy (non-hydrogen) atoms. The van der Waals surface area contributed by atoms with E-state index in [1.54, 1.807) is 24.1 Å². The predicted molar refractivity (Wildman–Crippen MR) is 94.2 cm³/mol. The molecule has 0 unspecified atom stereocenters. The highest BCUT2D eigenvalue weighted by atomic mass is 16.5. The molecule has 1 aliphatic heterocycles. The summed E-state index contributed by atoms with van der Waals surface area (Å²) < 4.78 is 5.18. The number of quaternary nitrogens is 1. The van der Waals surface area contributed by atoms with Crippen LogP contribution in [0.25, 0.3) is 0 Å². The summed E-state index contributed by atoms with van der Waals surface area (Å²) >= 11 is 0. The third-order valence-corrected chi connectivity index (χ3v) is 4.64. The third-order valence-electron chi connectivity index (χ3n) is 4.64. The third kappa shape index (κ3) is 4.15. The Kier molecular flexibility index (Phi) is 5.49. The summed E-state index contributed by atoms with van der Waals surface area (Å²) in [4.78, 5) is 14.0. The first kappa shape index (κ1) is 16.5. The Labute approximate surface area is 143 Å². The molecule has 1 saturated heterocycles. The fourth-order valence-corrected chi connectivity index (χ4v) is 3.27. The molecule has 0 aromatic heterocycles. The Morgan fingerprint density at radius 2 is 1.83 bits per heavy atom. The molecular formula is C20H25N2O2+. The normalized spacial score (nSPS) is 14.5. The lowest BCUT2D eigenvalue weighted by Crippen LogP contribution is -3.08. The number of carbonyl (C=O) groups is 1. The first-order chi connectivity index (χ1) is 11.8. The van der Waals surface area contributed by atoms with Crippen LogP contribution in [-0.4, -0.2) is 26.1 Å². The van der Waals surface area contributed by atoms with Crippen LogP contribution in [0.15, 0.2) is 48.5 Å². The van der Waals surface area contributed by atoms with Gasteiger partial charge in [-0.1, -0.05) is 30.3 Å². The van der Waals surface area contributed by atoms with E-state index < -0.39 is 0 Å². The van der Waals surface area contributed by atoms with Crippen molar-refractivity contribution in [1.82, 2.24) is 5.32 Å². The van der Waals surface area contributed by atoms with Crippen molar-refractivity contribution in [3.05, 3.63) is 65.2 Å². The number of ether oxygens (including phenoxy) is 1. The summed E-state index contributed by atoms with van der Waals surface area (Å²) in [5, 5.41) is 3.03. The predicted octanol–water partition coefficient (Wildman–Crippen LogP) is 1.80. The second kappa shape index (κ2) is 7.97. The van der Waals surface area contributed by atoms with Gasteiger partial charge in [-0.05, 0) is 23.8 Å². The molecule has 1 amide bonds. The van der Waals surface area contributed by atoms with Crippen LogP contribution in [0.2, 0.25) is 0 Å². The zero-order valence-corrected chi connectivity index (χ0v) is 14.2. The lowest BCUT2D eigenvalue weighted by molar-refractivity contribution is -0.901. The van der Waals surface area contributed by atoms with Gasteiger partial charge in [0.1, 0.15) is 12.3 Å². The van der Waals surface area contributed by atoms with E-state index in [-0.39, 0.29) is 5.91 Å². The van der Waals surface area contributed by atoms with Gasteiger partial charge in [0, 0.05) is 30.5 Å². The van der Waals surface area contributed by atoms with E-state index in [2.05, 4.69) is 23.5 Å². The maximum Gasteiger partial charge on any atom is 0.251 e. The lowest BCUT2D eigenvalue weighted by atomic mass is 10.1. The molecule has 2 aromatic carbocycles. The SMILES string of the molecule is COc1cccc(C(=O)NCc2ccccc2C[NH+]2CCCC2)c1. The fraction of sp³-hybridized carbons (Fsp3) is 0.350. The molecule has 126 valence electrons. The minimum Gasteiger partial charge on any atom is -0.497 e. The van der Waals surface area contributed by atoms with E-state index in [0.717, 1.165) is 6.54 Å². The van der Waals surface area contributed by atoms with Crippen LogP contribution in [0.4, 0.5) is 0 Å². The molecule has 4 nitrogen and oxygen atoms in total. The Bertz CT molecular complexity index is 694. The maximum atomic E-state index is 12.4. The van der Waals surface area contributed by atoms with Crippen LogP contribution in [-0.2, 0) is 13.1 Å². The summed E-state index contributed by atoms with van der Waals surface area (Å²) in [7, 11) is 1.61. The minimum atomic E-state index is -0.0720. The van der Waals surface area contributed by atoms with Crippen molar-refractivity contribution < 1.29 is 14.4 Å². The summed E-state index contributed by atoms with van der Waals surface area (Å²) in [6, 6.07) is 15.6. The van der Waals surface area contributed by atoms with Crippen molar-refractivity contribution in [2.24, 2.45) is 0 Å². The highest BCUT2D eigenvalue weighted by Crippen LogP contribution is 2.13. The largest absolute Gasteiger partial charge is 0.497 e. The monoisotopic (exact) mass is 325 g/mol. The van der Waals surface area contributed by atoms with Crippen molar-refractivity contribution >= 4 is 5.91 Å². The quantitative estimate of drug-likeness (QED) is 0.850. The summed E-state index contributed by atoms with van der Waals surface area (Å²) in [6.07, 6.45) is 2.65. The topological polar surface area (TPSA) is 42.8 Å². The van der Waals surface area contributed by atoms with E-state index in [1.807, 2.05) is 18.2 Å². The van der Waals surface area contributed by atoms with Gasteiger partial charge in [-0.3, -0.25) is 4.79 Å². The van der Waals surface area contributed by atoms with Gasteiger partial charge < -0.3 is 15.0 Å². The Morgan fingerprint density at radius 3 is 2.58 bits per heavy atom. The Balaban J connectivity index is 1.64. The number of rotatable bonds is 6. The standard InChI is InChI=1S/C20H24N2O2/c1-24-19-10-6-9-16(13-19)20(23)21-14-17-7-2-3-8-18(17)15-22-11-4-5-12-22/h2-3,6-10,13H,4-5,11-12,14-15H2,1H3,(H,21,23)/p+1. The average Bonchev–Trinajstić information content (AvgIpc) is 3.14. The van der Waals surface area contributed by atoms with Gasteiger partial charge in [0.15, 0.2) is 0 Å². The molecule has 2 aromatic rings. The van der Waals surface area contributed by atoms with Crippen LogP contribution in [0, 0.1) is 0 Å². The first-order valence-electron chi connectivity index (χ1n) is 8.59. The minimum absolute atomic E-state index is 0.0720. The van der Waals surface area contributed by atoms with Crippen molar-refractivity contribution in [3.63, 3.8) is 0 Å². The van der Waals surface area contributed by atoms with Crippen LogP contribution in [0.1, 0.15) is 34.3 Å². The molecule has 0 aliphatic carbocycles. The molecule has 2 N–H and O–H groups in total. The van der Waals surface area contributed by atoms with Crippen LogP contribution < -0.4 is 15.0 Å². The second-order valence-corrected chi connectivity index (χ2v) is 6.32. The van der Waals surface area contributed by atoms with Gasteiger partial charge in [0.25, 0.3) is 5.91 Å². The summed E-state index contributed by atoms with van der Waals surface area (Å²) in [6.45, 7) is 4.11. The van der Waals surface area contributed by atoms with Crippen molar-refractivity contribution in [1.29, 1.82) is 0 Å². The maximum absolute atomic E-state index is 12.4. The number of likely N-dealkylation sites (tertiary alicyclic amines) is 1. The number of benzene rings is 2.